The summed E-state index contributed by atoms with van der Waals surface area (Å²) in [5.74, 6) is 1.70. The highest BCUT2D eigenvalue weighted by Crippen LogP contribution is 2.41. The average molecular weight is 253 g/mol. The highest BCUT2D eigenvalue weighted by atomic mass is 14.7. The van der Waals surface area contributed by atoms with Crippen LogP contribution in [-0.4, -0.2) is 5.54 Å². The lowest BCUT2D eigenvalue weighted by molar-refractivity contribution is 0.206. The van der Waals surface area contributed by atoms with Crippen molar-refractivity contribution in [2.45, 2.75) is 91.5 Å². The Bertz CT molecular complexity index is 236. The summed E-state index contributed by atoms with van der Waals surface area (Å²) < 4.78 is 0. The molecule has 0 bridgehead atoms. The number of nitrogens with two attached hydrogens (primary N) is 1. The summed E-state index contributed by atoms with van der Waals surface area (Å²) in [6, 6.07) is 0. The summed E-state index contributed by atoms with van der Waals surface area (Å²) in [5, 5.41) is 0. The van der Waals surface area contributed by atoms with Gasteiger partial charge in [0.05, 0.1) is 0 Å². The van der Waals surface area contributed by atoms with Crippen molar-refractivity contribution in [2.24, 2.45) is 23.0 Å². The molecule has 0 aliphatic heterocycles. The first-order valence-electron chi connectivity index (χ1n) is 8.09. The molecule has 0 aromatic carbocycles. The lowest BCUT2D eigenvalue weighted by atomic mass is 9.75. The zero-order chi connectivity index (χ0) is 13.8. The molecule has 2 N–H and O–H groups in total. The van der Waals surface area contributed by atoms with E-state index in [9.17, 15) is 0 Å². The van der Waals surface area contributed by atoms with Crippen LogP contribution >= 0.6 is 0 Å². The SMILES string of the molecule is CCC(CC)CC1(N)CCCC(C(C)(C)C)CC1. The summed E-state index contributed by atoms with van der Waals surface area (Å²) in [5.41, 5.74) is 7.31. The summed E-state index contributed by atoms with van der Waals surface area (Å²) in [7, 11) is 0. The summed E-state index contributed by atoms with van der Waals surface area (Å²) in [6.07, 6.45) is 10.4. The molecular formula is C17H35N. The second-order valence-electron chi connectivity index (χ2n) is 7.74. The van der Waals surface area contributed by atoms with Gasteiger partial charge in [-0.2, -0.15) is 0 Å². The van der Waals surface area contributed by atoms with Gasteiger partial charge >= 0.3 is 0 Å². The third kappa shape index (κ3) is 4.57. The first kappa shape index (κ1) is 16.0. The maximum Gasteiger partial charge on any atom is 0.0157 e. The third-order valence-electron chi connectivity index (χ3n) is 5.29. The summed E-state index contributed by atoms with van der Waals surface area (Å²) >= 11 is 0. The lowest BCUT2D eigenvalue weighted by Crippen LogP contribution is -2.41. The van der Waals surface area contributed by atoms with Crippen LogP contribution in [0.3, 0.4) is 0 Å². The molecule has 1 saturated carbocycles. The quantitative estimate of drug-likeness (QED) is 0.690. The largest absolute Gasteiger partial charge is 0.325 e. The fourth-order valence-electron chi connectivity index (χ4n) is 3.65. The molecule has 1 heteroatoms. The van der Waals surface area contributed by atoms with Crippen LogP contribution in [0, 0.1) is 17.3 Å². The first-order chi connectivity index (χ1) is 8.30. The lowest BCUT2D eigenvalue weighted by Gasteiger charge is -2.33. The molecule has 0 saturated heterocycles. The molecule has 1 aliphatic carbocycles. The monoisotopic (exact) mass is 253 g/mol. The van der Waals surface area contributed by atoms with Gasteiger partial charge in [-0.05, 0) is 49.4 Å². The fourth-order valence-corrected chi connectivity index (χ4v) is 3.65. The fraction of sp³-hybridized carbons (Fsp3) is 1.00. The number of hydrogen-bond acceptors (Lipinski definition) is 1. The Labute approximate surface area is 115 Å². The highest BCUT2D eigenvalue weighted by Gasteiger charge is 2.34. The minimum atomic E-state index is 0.136. The minimum Gasteiger partial charge on any atom is -0.325 e. The molecule has 1 rings (SSSR count). The Kier molecular flexibility index (Phi) is 5.70. The molecule has 1 aliphatic rings. The van der Waals surface area contributed by atoms with Gasteiger partial charge in [0.15, 0.2) is 0 Å². The van der Waals surface area contributed by atoms with Gasteiger partial charge in [-0.3, -0.25) is 0 Å². The molecular weight excluding hydrogens is 218 g/mol. The molecule has 0 aromatic rings. The van der Waals surface area contributed by atoms with Crippen molar-refractivity contribution in [1.82, 2.24) is 0 Å². The first-order valence-corrected chi connectivity index (χ1v) is 8.09. The van der Waals surface area contributed by atoms with E-state index in [-0.39, 0.29) is 5.54 Å². The van der Waals surface area contributed by atoms with E-state index in [1.165, 1.54) is 51.4 Å². The van der Waals surface area contributed by atoms with Crippen molar-refractivity contribution >= 4 is 0 Å². The Morgan fingerprint density at radius 1 is 1.11 bits per heavy atom. The third-order valence-corrected chi connectivity index (χ3v) is 5.29. The Morgan fingerprint density at radius 2 is 1.72 bits per heavy atom. The van der Waals surface area contributed by atoms with E-state index in [4.69, 9.17) is 5.73 Å². The smallest absolute Gasteiger partial charge is 0.0157 e. The maximum atomic E-state index is 6.72. The van der Waals surface area contributed by atoms with Crippen molar-refractivity contribution in [3.8, 4) is 0 Å². The van der Waals surface area contributed by atoms with Crippen LogP contribution in [0.15, 0.2) is 0 Å². The molecule has 0 radical (unpaired) electrons. The second kappa shape index (κ2) is 6.41. The van der Waals surface area contributed by atoms with E-state index in [1.54, 1.807) is 0 Å². The standard InChI is InChI=1S/C17H35N/c1-6-14(7-2)13-17(18)11-8-9-15(10-12-17)16(3,4)5/h14-15H,6-13,18H2,1-5H3. The normalized spacial score (nSPS) is 30.5. The number of hydrogen-bond donors (Lipinski definition) is 1. The van der Waals surface area contributed by atoms with Gasteiger partial charge in [-0.25, -0.2) is 0 Å². The topological polar surface area (TPSA) is 26.0 Å². The zero-order valence-corrected chi connectivity index (χ0v) is 13.4. The van der Waals surface area contributed by atoms with Crippen LogP contribution in [0.2, 0.25) is 0 Å². The van der Waals surface area contributed by atoms with Crippen LogP contribution in [0.25, 0.3) is 0 Å². The Hall–Kier alpha value is -0.0400. The Morgan fingerprint density at radius 3 is 2.22 bits per heavy atom. The van der Waals surface area contributed by atoms with Crippen molar-refractivity contribution < 1.29 is 0 Å². The van der Waals surface area contributed by atoms with Crippen LogP contribution in [0.4, 0.5) is 0 Å². The molecule has 2 unspecified atom stereocenters. The zero-order valence-electron chi connectivity index (χ0n) is 13.4. The van der Waals surface area contributed by atoms with Gasteiger partial charge < -0.3 is 5.73 Å². The van der Waals surface area contributed by atoms with Crippen LogP contribution in [0.1, 0.15) is 86.0 Å². The molecule has 108 valence electrons. The van der Waals surface area contributed by atoms with Crippen LogP contribution < -0.4 is 5.73 Å². The van der Waals surface area contributed by atoms with Gasteiger partial charge in [0, 0.05) is 5.54 Å². The Balaban J connectivity index is 2.59. The van der Waals surface area contributed by atoms with E-state index in [0.717, 1.165) is 11.8 Å². The molecule has 1 fully saturated rings. The molecule has 0 amide bonds. The van der Waals surface area contributed by atoms with Gasteiger partial charge in [-0.1, -0.05) is 53.9 Å². The van der Waals surface area contributed by atoms with Gasteiger partial charge in [0.1, 0.15) is 0 Å². The van der Waals surface area contributed by atoms with Crippen molar-refractivity contribution in [3.63, 3.8) is 0 Å². The molecule has 0 aromatic heterocycles. The van der Waals surface area contributed by atoms with Gasteiger partial charge in [0.25, 0.3) is 0 Å². The second-order valence-corrected chi connectivity index (χ2v) is 7.74. The van der Waals surface area contributed by atoms with Crippen molar-refractivity contribution in [3.05, 3.63) is 0 Å². The van der Waals surface area contributed by atoms with Crippen LogP contribution in [-0.2, 0) is 0 Å². The molecule has 2 atom stereocenters. The highest BCUT2D eigenvalue weighted by molar-refractivity contribution is 4.91. The molecule has 0 spiro atoms. The summed E-state index contributed by atoms with van der Waals surface area (Å²) in [4.78, 5) is 0. The minimum absolute atomic E-state index is 0.136. The predicted molar refractivity (Wildman–Crippen MR) is 81.6 cm³/mol. The van der Waals surface area contributed by atoms with Crippen LogP contribution in [0.5, 0.6) is 0 Å². The predicted octanol–water partition coefficient (Wildman–Crippen LogP) is 5.14. The van der Waals surface area contributed by atoms with E-state index >= 15 is 0 Å². The van der Waals surface area contributed by atoms with E-state index in [0.29, 0.717) is 5.41 Å². The van der Waals surface area contributed by atoms with Crippen molar-refractivity contribution in [1.29, 1.82) is 0 Å². The average Bonchev–Trinajstić information content (AvgIpc) is 2.48. The van der Waals surface area contributed by atoms with Crippen molar-refractivity contribution in [2.75, 3.05) is 0 Å². The molecule has 0 heterocycles. The molecule has 1 nitrogen and oxygen atoms in total. The van der Waals surface area contributed by atoms with E-state index < -0.39 is 0 Å². The summed E-state index contributed by atoms with van der Waals surface area (Å²) in [6.45, 7) is 11.8. The maximum absolute atomic E-state index is 6.72. The van der Waals surface area contributed by atoms with Gasteiger partial charge in [-0.15, -0.1) is 0 Å². The van der Waals surface area contributed by atoms with Gasteiger partial charge in [0.2, 0.25) is 0 Å². The van der Waals surface area contributed by atoms with E-state index in [1.807, 2.05) is 0 Å². The molecule has 18 heavy (non-hydrogen) atoms. The number of rotatable bonds is 4. The van der Waals surface area contributed by atoms with E-state index in [2.05, 4.69) is 34.6 Å².